The van der Waals surface area contributed by atoms with Crippen LogP contribution >= 0.6 is 0 Å². The summed E-state index contributed by atoms with van der Waals surface area (Å²) in [4.78, 5) is 11.2. The van der Waals surface area contributed by atoms with Crippen LogP contribution in [-0.4, -0.2) is 34.5 Å². The zero-order chi connectivity index (χ0) is 11.4. The molecule has 1 atom stereocenters. The van der Waals surface area contributed by atoms with Gasteiger partial charge in [-0.3, -0.25) is 4.68 Å². The van der Waals surface area contributed by atoms with Crippen LogP contribution in [0.15, 0.2) is 6.07 Å². The van der Waals surface area contributed by atoms with Crippen LogP contribution < -0.4 is 5.73 Å². The van der Waals surface area contributed by atoms with Crippen molar-refractivity contribution in [1.82, 2.24) is 9.78 Å². The summed E-state index contributed by atoms with van der Waals surface area (Å²) in [5, 5.41) is 13.6. The molecule has 1 aromatic rings. The maximum Gasteiger partial charge on any atom is 0.358 e. The lowest BCUT2D eigenvalue weighted by Gasteiger charge is -2.08. The molecule has 6 heteroatoms. The first-order valence-electron chi connectivity index (χ1n) is 4.60. The smallest absolute Gasteiger partial charge is 0.358 e. The molecule has 0 unspecified atom stereocenters. The van der Waals surface area contributed by atoms with Gasteiger partial charge in [-0.05, 0) is 19.0 Å². The molecular weight excluding hydrogens is 198 g/mol. The highest BCUT2D eigenvalue weighted by Crippen LogP contribution is 2.16. The molecule has 3 N–H and O–H groups in total. The van der Waals surface area contributed by atoms with Gasteiger partial charge in [0.2, 0.25) is 0 Å². The Labute approximate surface area is 87.6 Å². The second kappa shape index (κ2) is 4.90. The van der Waals surface area contributed by atoms with E-state index in [0.717, 1.165) is 0 Å². The van der Waals surface area contributed by atoms with E-state index >= 15 is 0 Å². The molecule has 0 aliphatic heterocycles. The van der Waals surface area contributed by atoms with Crippen molar-refractivity contribution >= 4 is 5.97 Å². The first kappa shape index (κ1) is 11.7. The minimum atomic E-state index is -0.703. The van der Waals surface area contributed by atoms with Crippen LogP contribution in [0.3, 0.4) is 0 Å². The molecular formula is C9H15N3O3. The summed E-state index contributed by atoms with van der Waals surface area (Å²) in [6.07, 6.45) is -0.272. The number of carbonyl (C=O) groups excluding carboxylic acids is 1. The van der Waals surface area contributed by atoms with Gasteiger partial charge >= 0.3 is 5.97 Å². The highest BCUT2D eigenvalue weighted by atomic mass is 16.5. The average molecular weight is 213 g/mol. The Morgan fingerprint density at radius 1 is 1.80 bits per heavy atom. The third kappa shape index (κ3) is 2.54. The summed E-state index contributed by atoms with van der Waals surface area (Å²) in [6, 6.07) is 1.51. The van der Waals surface area contributed by atoms with E-state index in [1.165, 1.54) is 17.9 Å². The van der Waals surface area contributed by atoms with Gasteiger partial charge in [0.25, 0.3) is 0 Å². The standard InChI is InChI=1S/C9H15N3O3/c1-12-7(8(13)3-4-10)5-6(11-12)9(14)15-2/h5,8,13H,3-4,10H2,1-2H3/t8-/m0/s1. The van der Waals surface area contributed by atoms with Crippen molar-refractivity contribution in [3.05, 3.63) is 17.5 Å². The Bertz CT molecular complexity index is 348. The number of esters is 1. The number of methoxy groups -OCH3 is 1. The fraction of sp³-hybridized carbons (Fsp3) is 0.556. The van der Waals surface area contributed by atoms with E-state index < -0.39 is 12.1 Å². The number of ether oxygens (including phenoxy) is 1. The molecule has 0 aliphatic carbocycles. The first-order chi connectivity index (χ1) is 7.10. The third-order valence-corrected chi connectivity index (χ3v) is 2.09. The number of hydrogen-bond acceptors (Lipinski definition) is 5. The third-order valence-electron chi connectivity index (χ3n) is 2.09. The van der Waals surface area contributed by atoms with Gasteiger partial charge in [0.1, 0.15) is 0 Å². The lowest BCUT2D eigenvalue weighted by Crippen LogP contribution is -2.10. The van der Waals surface area contributed by atoms with Gasteiger partial charge in [-0.15, -0.1) is 0 Å². The molecule has 0 fully saturated rings. The summed E-state index contributed by atoms with van der Waals surface area (Å²) in [5.74, 6) is -0.517. The molecule has 0 radical (unpaired) electrons. The summed E-state index contributed by atoms with van der Waals surface area (Å²) >= 11 is 0. The highest BCUT2D eigenvalue weighted by Gasteiger charge is 2.17. The highest BCUT2D eigenvalue weighted by molar-refractivity contribution is 5.87. The van der Waals surface area contributed by atoms with Crippen LogP contribution in [0.25, 0.3) is 0 Å². The Hall–Kier alpha value is -1.40. The van der Waals surface area contributed by atoms with Crippen LogP contribution in [0.4, 0.5) is 0 Å². The van der Waals surface area contributed by atoms with E-state index in [9.17, 15) is 9.90 Å². The van der Waals surface area contributed by atoms with Crippen molar-refractivity contribution in [2.75, 3.05) is 13.7 Å². The van der Waals surface area contributed by atoms with Gasteiger partial charge < -0.3 is 15.6 Å². The van der Waals surface area contributed by atoms with Crippen molar-refractivity contribution in [2.24, 2.45) is 12.8 Å². The topological polar surface area (TPSA) is 90.4 Å². The van der Waals surface area contributed by atoms with Gasteiger partial charge in [0, 0.05) is 7.05 Å². The molecule has 0 bridgehead atoms. The molecule has 0 saturated carbocycles. The number of aryl methyl sites for hydroxylation is 1. The molecule has 0 aromatic carbocycles. The molecule has 15 heavy (non-hydrogen) atoms. The fourth-order valence-electron chi connectivity index (χ4n) is 1.30. The summed E-state index contributed by atoms with van der Waals surface area (Å²) in [6.45, 7) is 0.375. The lowest BCUT2D eigenvalue weighted by atomic mass is 10.2. The van der Waals surface area contributed by atoms with Gasteiger partial charge in [-0.25, -0.2) is 4.79 Å². The zero-order valence-electron chi connectivity index (χ0n) is 8.80. The monoisotopic (exact) mass is 213 g/mol. The maximum absolute atomic E-state index is 11.2. The molecule has 6 nitrogen and oxygen atoms in total. The van der Waals surface area contributed by atoms with Crippen LogP contribution in [0.5, 0.6) is 0 Å². The van der Waals surface area contributed by atoms with E-state index in [2.05, 4.69) is 9.84 Å². The van der Waals surface area contributed by atoms with E-state index in [1.54, 1.807) is 7.05 Å². The normalized spacial score (nSPS) is 12.5. The van der Waals surface area contributed by atoms with Crippen LogP contribution in [0.2, 0.25) is 0 Å². The van der Waals surface area contributed by atoms with E-state index in [-0.39, 0.29) is 5.69 Å². The molecule has 0 spiro atoms. The number of rotatable bonds is 4. The molecule has 1 rings (SSSR count). The van der Waals surface area contributed by atoms with E-state index in [0.29, 0.717) is 18.7 Å². The Kier molecular flexibility index (Phi) is 3.81. The predicted molar refractivity (Wildman–Crippen MR) is 53.2 cm³/mol. The molecule has 0 amide bonds. The summed E-state index contributed by atoms with van der Waals surface area (Å²) in [5.41, 5.74) is 6.07. The molecule has 1 aromatic heterocycles. The van der Waals surface area contributed by atoms with Crippen molar-refractivity contribution in [3.63, 3.8) is 0 Å². The Balaban J connectivity index is 2.90. The van der Waals surface area contributed by atoms with Crippen molar-refractivity contribution in [2.45, 2.75) is 12.5 Å². The van der Waals surface area contributed by atoms with E-state index in [1.807, 2.05) is 0 Å². The largest absolute Gasteiger partial charge is 0.464 e. The second-order valence-corrected chi connectivity index (χ2v) is 3.16. The summed E-state index contributed by atoms with van der Waals surface area (Å²) in [7, 11) is 2.94. The molecule has 84 valence electrons. The van der Waals surface area contributed by atoms with Crippen LogP contribution in [-0.2, 0) is 11.8 Å². The maximum atomic E-state index is 11.2. The van der Waals surface area contributed by atoms with Crippen molar-refractivity contribution in [3.8, 4) is 0 Å². The number of nitrogens with two attached hydrogens (primary N) is 1. The predicted octanol–water partition coefficient (Wildman–Crippen LogP) is -0.411. The number of carbonyl (C=O) groups is 1. The number of aromatic nitrogens is 2. The second-order valence-electron chi connectivity index (χ2n) is 3.16. The minimum Gasteiger partial charge on any atom is -0.464 e. The number of aliphatic hydroxyl groups excluding tert-OH is 1. The molecule has 0 saturated heterocycles. The quantitative estimate of drug-likeness (QED) is 0.663. The van der Waals surface area contributed by atoms with Gasteiger partial charge in [-0.1, -0.05) is 0 Å². The van der Waals surface area contributed by atoms with Crippen LogP contribution in [0.1, 0.15) is 28.7 Å². The van der Waals surface area contributed by atoms with Gasteiger partial charge in [0.15, 0.2) is 5.69 Å². The van der Waals surface area contributed by atoms with Crippen LogP contribution in [0, 0.1) is 0 Å². The SMILES string of the molecule is COC(=O)c1cc([C@@H](O)CCN)n(C)n1. The summed E-state index contributed by atoms with van der Waals surface area (Å²) < 4.78 is 5.97. The Morgan fingerprint density at radius 2 is 2.47 bits per heavy atom. The van der Waals surface area contributed by atoms with Gasteiger partial charge in [0.05, 0.1) is 18.9 Å². The minimum absolute atomic E-state index is 0.186. The fourth-order valence-corrected chi connectivity index (χ4v) is 1.30. The molecule has 1 heterocycles. The molecule has 0 aliphatic rings. The first-order valence-corrected chi connectivity index (χ1v) is 4.60. The number of hydrogen-bond donors (Lipinski definition) is 2. The van der Waals surface area contributed by atoms with Crippen molar-refractivity contribution < 1.29 is 14.6 Å². The average Bonchev–Trinajstić information content (AvgIpc) is 2.59. The van der Waals surface area contributed by atoms with Gasteiger partial charge in [-0.2, -0.15) is 5.10 Å². The zero-order valence-corrected chi connectivity index (χ0v) is 8.80. The number of nitrogens with zero attached hydrogens (tertiary/aromatic N) is 2. The van der Waals surface area contributed by atoms with Crippen molar-refractivity contribution in [1.29, 1.82) is 0 Å². The van der Waals surface area contributed by atoms with E-state index in [4.69, 9.17) is 5.73 Å². The number of aliphatic hydroxyl groups is 1. The lowest BCUT2D eigenvalue weighted by molar-refractivity contribution is 0.0593. The Morgan fingerprint density at radius 3 is 3.00 bits per heavy atom.